The highest BCUT2D eigenvalue weighted by molar-refractivity contribution is 5.88. The van der Waals surface area contributed by atoms with E-state index in [9.17, 15) is 4.79 Å². The van der Waals surface area contributed by atoms with Crippen LogP contribution in [0, 0.1) is 0 Å². The number of nitrogens with zero attached hydrogens (tertiary/aromatic N) is 1. The number of rotatable bonds is 7. The first-order valence-electron chi connectivity index (χ1n) is 6.23. The maximum Gasteiger partial charge on any atom is 0.240 e. The fourth-order valence-corrected chi connectivity index (χ4v) is 1.48. The molecule has 1 saturated carbocycles. The molecular weight excluding hydrogens is 202 g/mol. The molecule has 0 bridgehead atoms. The van der Waals surface area contributed by atoms with Crippen LogP contribution in [-0.4, -0.2) is 42.5 Å². The summed E-state index contributed by atoms with van der Waals surface area (Å²) in [5.41, 5.74) is 5.25. The average Bonchev–Trinajstić information content (AvgIpc) is 2.96. The summed E-state index contributed by atoms with van der Waals surface area (Å²) >= 11 is 0. The van der Waals surface area contributed by atoms with Crippen molar-refractivity contribution in [2.75, 3.05) is 20.1 Å². The van der Waals surface area contributed by atoms with E-state index in [4.69, 9.17) is 5.73 Å². The van der Waals surface area contributed by atoms with Crippen LogP contribution in [0.15, 0.2) is 0 Å². The molecule has 4 nitrogen and oxygen atoms in total. The van der Waals surface area contributed by atoms with Crippen molar-refractivity contribution in [2.45, 2.75) is 51.1 Å². The zero-order valence-electron chi connectivity index (χ0n) is 10.8. The van der Waals surface area contributed by atoms with E-state index in [0.29, 0.717) is 6.04 Å². The van der Waals surface area contributed by atoms with Gasteiger partial charge in [0.05, 0.1) is 5.54 Å². The SMILES string of the molecule is CC(C)N(C)CCCCNC(=O)C1(N)CC1. The fraction of sp³-hybridized carbons (Fsp3) is 0.917. The van der Waals surface area contributed by atoms with Gasteiger partial charge >= 0.3 is 0 Å². The summed E-state index contributed by atoms with van der Waals surface area (Å²) in [6.45, 7) is 6.21. The van der Waals surface area contributed by atoms with Gasteiger partial charge in [-0.25, -0.2) is 0 Å². The Morgan fingerprint density at radius 2 is 2.06 bits per heavy atom. The second-order valence-electron chi connectivity index (χ2n) is 5.19. The summed E-state index contributed by atoms with van der Waals surface area (Å²) in [6, 6.07) is 0.591. The number of nitrogens with two attached hydrogens (primary N) is 1. The van der Waals surface area contributed by atoms with Gasteiger partial charge < -0.3 is 16.0 Å². The highest BCUT2D eigenvalue weighted by atomic mass is 16.2. The van der Waals surface area contributed by atoms with E-state index in [2.05, 4.69) is 31.1 Å². The van der Waals surface area contributed by atoms with Crippen molar-refractivity contribution in [3.05, 3.63) is 0 Å². The lowest BCUT2D eigenvalue weighted by molar-refractivity contribution is -0.123. The Kier molecular flexibility index (Phi) is 4.74. The van der Waals surface area contributed by atoms with E-state index >= 15 is 0 Å². The van der Waals surface area contributed by atoms with Crippen molar-refractivity contribution < 1.29 is 4.79 Å². The van der Waals surface area contributed by atoms with E-state index in [-0.39, 0.29) is 5.91 Å². The molecule has 1 aliphatic carbocycles. The molecule has 0 atom stereocenters. The van der Waals surface area contributed by atoms with E-state index in [1.807, 2.05) is 0 Å². The number of amides is 1. The Labute approximate surface area is 98.6 Å². The lowest BCUT2D eigenvalue weighted by Crippen LogP contribution is -2.43. The molecule has 0 aromatic rings. The molecule has 0 saturated heterocycles. The molecule has 0 heterocycles. The summed E-state index contributed by atoms with van der Waals surface area (Å²) in [5, 5.41) is 2.91. The molecule has 4 heteroatoms. The van der Waals surface area contributed by atoms with Gasteiger partial charge in [-0.3, -0.25) is 4.79 Å². The second kappa shape index (κ2) is 5.64. The Bertz CT molecular complexity index is 236. The van der Waals surface area contributed by atoms with Gasteiger partial charge in [-0.1, -0.05) is 0 Å². The van der Waals surface area contributed by atoms with Crippen LogP contribution in [0.3, 0.4) is 0 Å². The lowest BCUT2D eigenvalue weighted by Gasteiger charge is -2.20. The summed E-state index contributed by atoms with van der Waals surface area (Å²) in [6.07, 6.45) is 3.83. The van der Waals surface area contributed by atoms with Crippen LogP contribution in [0.5, 0.6) is 0 Å². The molecular formula is C12H25N3O. The molecule has 3 N–H and O–H groups in total. The largest absolute Gasteiger partial charge is 0.355 e. The third-order valence-corrected chi connectivity index (χ3v) is 3.35. The topological polar surface area (TPSA) is 58.4 Å². The zero-order valence-corrected chi connectivity index (χ0v) is 10.8. The standard InChI is InChI=1S/C12H25N3O/c1-10(2)15(3)9-5-4-8-14-11(16)12(13)6-7-12/h10H,4-9,13H2,1-3H3,(H,14,16). The van der Waals surface area contributed by atoms with Crippen molar-refractivity contribution in [1.82, 2.24) is 10.2 Å². The molecule has 0 unspecified atom stereocenters. The number of hydrogen-bond donors (Lipinski definition) is 2. The van der Waals surface area contributed by atoms with Gasteiger partial charge in [0.25, 0.3) is 0 Å². The summed E-state index contributed by atoms with van der Waals surface area (Å²) in [5.74, 6) is 0.0321. The van der Waals surface area contributed by atoms with Gasteiger partial charge in [0, 0.05) is 12.6 Å². The first kappa shape index (κ1) is 13.5. The van der Waals surface area contributed by atoms with Crippen LogP contribution in [0.2, 0.25) is 0 Å². The molecule has 1 amide bonds. The molecule has 1 rings (SSSR count). The molecule has 0 radical (unpaired) electrons. The maximum atomic E-state index is 11.5. The van der Waals surface area contributed by atoms with Crippen molar-refractivity contribution in [2.24, 2.45) is 5.73 Å². The Morgan fingerprint density at radius 3 is 2.56 bits per heavy atom. The van der Waals surface area contributed by atoms with Gasteiger partial charge in [0.2, 0.25) is 5.91 Å². The third kappa shape index (κ3) is 4.10. The average molecular weight is 227 g/mol. The van der Waals surface area contributed by atoms with Crippen molar-refractivity contribution in [3.63, 3.8) is 0 Å². The summed E-state index contributed by atoms with van der Waals surface area (Å²) < 4.78 is 0. The van der Waals surface area contributed by atoms with Crippen LogP contribution in [-0.2, 0) is 4.79 Å². The first-order valence-corrected chi connectivity index (χ1v) is 6.23. The van der Waals surface area contributed by atoms with E-state index in [0.717, 1.165) is 38.8 Å². The lowest BCUT2D eigenvalue weighted by atomic mass is 10.2. The maximum absolute atomic E-state index is 11.5. The number of hydrogen-bond acceptors (Lipinski definition) is 3. The monoisotopic (exact) mass is 227 g/mol. The van der Waals surface area contributed by atoms with Gasteiger partial charge in [-0.15, -0.1) is 0 Å². The molecule has 16 heavy (non-hydrogen) atoms. The Hall–Kier alpha value is -0.610. The zero-order chi connectivity index (χ0) is 12.2. The van der Waals surface area contributed by atoms with Crippen molar-refractivity contribution in [3.8, 4) is 0 Å². The molecule has 0 aromatic carbocycles. The van der Waals surface area contributed by atoms with E-state index in [1.165, 1.54) is 0 Å². The summed E-state index contributed by atoms with van der Waals surface area (Å²) in [7, 11) is 2.13. The molecule has 1 fully saturated rings. The first-order chi connectivity index (χ1) is 7.46. The van der Waals surface area contributed by atoms with Gasteiger partial charge in [0.15, 0.2) is 0 Å². The van der Waals surface area contributed by atoms with Crippen molar-refractivity contribution >= 4 is 5.91 Å². The predicted molar refractivity (Wildman–Crippen MR) is 66.2 cm³/mol. The molecule has 94 valence electrons. The van der Waals surface area contributed by atoms with E-state index < -0.39 is 5.54 Å². The van der Waals surface area contributed by atoms with E-state index in [1.54, 1.807) is 0 Å². The van der Waals surface area contributed by atoms with Crippen molar-refractivity contribution in [1.29, 1.82) is 0 Å². The highest BCUT2D eigenvalue weighted by Gasteiger charge is 2.45. The minimum Gasteiger partial charge on any atom is -0.355 e. The van der Waals surface area contributed by atoms with Gasteiger partial charge in [-0.2, -0.15) is 0 Å². The van der Waals surface area contributed by atoms with Crippen LogP contribution in [0.1, 0.15) is 39.5 Å². The number of carbonyl (C=O) groups is 1. The van der Waals surface area contributed by atoms with Crippen LogP contribution < -0.4 is 11.1 Å². The minimum absolute atomic E-state index is 0.0321. The molecule has 0 aliphatic heterocycles. The molecule has 1 aliphatic rings. The molecule has 0 aromatic heterocycles. The Morgan fingerprint density at radius 1 is 1.44 bits per heavy atom. The molecule has 0 spiro atoms. The summed E-state index contributed by atoms with van der Waals surface area (Å²) in [4.78, 5) is 13.8. The number of nitrogens with one attached hydrogen (secondary N) is 1. The fourth-order valence-electron chi connectivity index (χ4n) is 1.48. The number of carbonyl (C=O) groups excluding carboxylic acids is 1. The van der Waals surface area contributed by atoms with Gasteiger partial charge in [-0.05, 0) is 53.1 Å². The van der Waals surface area contributed by atoms with Crippen LogP contribution in [0.4, 0.5) is 0 Å². The third-order valence-electron chi connectivity index (χ3n) is 3.35. The Balaban J connectivity index is 1.98. The normalized spacial score (nSPS) is 17.9. The van der Waals surface area contributed by atoms with Crippen LogP contribution in [0.25, 0.3) is 0 Å². The van der Waals surface area contributed by atoms with Gasteiger partial charge in [0.1, 0.15) is 0 Å². The second-order valence-corrected chi connectivity index (χ2v) is 5.19. The van der Waals surface area contributed by atoms with Crippen LogP contribution >= 0.6 is 0 Å². The smallest absolute Gasteiger partial charge is 0.240 e. The quantitative estimate of drug-likeness (QED) is 0.630. The number of unbranched alkanes of at least 4 members (excludes halogenated alkanes) is 1. The minimum atomic E-state index is -0.519. The highest BCUT2D eigenvalue weighted by Crippen LogP contribution is 2.31. The predicted octanol–water partition coefficient (Wildman–Crippen LogP) is 0.714.